The minimum atomic E-state index is -3.41. The molecule has 0 bridgehead atoms. The highest BCUT2D eigenvalue weighted by molar-refractivity contribution is 7.90. The summed E-state index contributed by atoms with van der Waals surface area (Å²) in [5.41, 5.74) is 4.47. The molecule has 0 radical (unpaired) electrons. The molecule has 5 nitrogen and oxygen atoms in total. The number of rotatable bonds is 6. The lowest BCUT2D eigenvalue weighted by atomic mass is 10.0. The molecule has 0 amide bonds. The molecule has 0 aliphatic heterocycles. The van der Waals surface area contributed by atoms with Gasteiger partial charge in [-0.05, 0) is 60.7 Å². The van der Waals surface area contributed by atoms with E-state index in [0.717, 1.165) is 28.4 Å². The molecule has 0 saturated carbocycles. The molecule has 0 saturated heterocycles. The summed E-state index contributed by atoms with van der Waals surface area (Å²) in [6.45, 7) is 1.97. The van der Waals surface area contributed by atoms with E-state index in [9.17, 15) is 12.8 Å². The Bertz CT molecular complexity index is 1380. The van der Waals surface area contributed by atoms with Crippen LogP contribution in [0.4, 0.5) is 4.39 Å². The molecule has 0 unspecified atom stereocenters. The first kappa shape index (κ1) is 21.5. The van der Waals surface area contributed by atoms with Crippen molar-refractivity contribution in [3.8, 4) is 0 Å². The third kappa shape index (κ3) is 4.78. The predicted molar refractivity (Wildman–Crippen MR) is 120 cm³/mol. The molecule has 1 aromatic carbocycles. The lowest BCUT2D eigenvalue weighted by molar-refractivity contribution is 0.562. The molecule has 160 valence electrons. The van der Waals surface area contributed by atoms with Crippen LogP contribution < -0.4 is 0 Å². The molecular weight excluding hydrogens is 437 g/mol. The number of halogens is 2. The Hall–Kier alpha value is -2.77. The van der Waals surface area contributed by atoms with E-state index in [1.165, 1.54) is 6.07 Å². The summed E-state index contributed by atoms with van der Waals surface area (Å²) in [4.78, 5) is 11.8. The maximum absolute atomic E-state index is 14.7. The van der Waals surface area contributed by atoms with E-state index in [2.05, 4.69) is 15.0 Å². The molecule has 0 aliphatic rings. The summed E-state index contributed by atoms with van der Waals surface area (Å²) in [6.07, 6.45) is 6.01. The van der Waals surface area contributed by atoms with Crippen molar-refractivity contribution in [3.05, 3.63) is 87.7 Å². The molecule has 1 N–H and O–H groups in total. The first-order chi connectivity index (χ1) is 14.7. The van der Waals surface area contributed by atoms with Gasteiger partial charge >= 0.3 is 0 Å². The second-order valence-electron chi connectivity index (χ2n) is 7.68. The predicted octanol–water partition coefficient (Wildman–Crippen LogP) is 4.84. The van der Waals surface area contributed by atoms with Gasteiger partial charge in [-0.3, -0.25) is 0 Å². The number of nitrogens with one attached hydrogen (secondary N) is 1. The fourth-order valence-corrected chi connectivity index (χ4v) is 4.85. The number of aromatic nitrogens is 3. The zero-order valence-corrected chi connectivity index (χ0v) is 18.7. The second-order valence-corrected chi connectivity index (χ2v) is 10.1. The lowest BCUT2D eigenvalue weighted by Gasteiger charge is -2.09. The summed E-state index contributed by atoms with van der Waals surface area (Å²) in [5.74, 6) is -0.521. The van der Waals surface area contributed by atoms with Crippen LogP contribution in [0.25, 0.3) is 11.0 Å². The van der Waals surface area contributed by atoms with E-state index >= 15 is 0 Å². The van der Waals surface area contributed by atoms with E-state index in [-0.39, 0.29) is 4.90 Å². The molecule has 0 atom stereocenters. The topological polar surface area (TPSA) is 75.7 Å². The van der Waals surface area contributed by atoms with Gasteiger partial charge in [0.15, 0.2) is 9.84 Å². The number of sulfone groups is 1. The van der Waals surface area contributed by atoms with Gasteiger partial charge in [-0.1, -0.05) is 23.7 Å². The van der Waals surface area contributed by atoms with Gasteiger partial charge in [0.05, 0.1) is 4.90 Å². The van der Waals surface area contributed by atoms with Gasteiger partial charge in [0.2, 0.25) is 5.95 Å². The van der Waals surface area contributed by atoms with Gasteiger partial charge in [0.1, 0.15) is 5.65 Å². The number of pyridine rings is 2. The van der Waals surface area contributed by atoms with Crippen molar-refractivity contribution in [3.63, 3.8) is 0 Å². The van der Waals surface area contributed by atoms with Crippen molar-refractivity contribution in [2.75, 3.05) is 6.26 Å². The van der Waals surface area contributed by atoms with Crippen LogP contribution in [0.15, 0.2) is 53.7 Å². The molecule has 4 rings (SSSR count). The number of aromatic amines is 1. The Balaban J connectivity index is 1.53. The number of hydrogen-bond donors (Lipinski definition) is 1. The molecule has 8 heteroatoms. The highest BCUT2D eigenvalue weighted by Crippen LogP contribution is 2.24. The average molecular weight is 458 g/mol. The maximum atomic E-state index is 14.7. The Morgan fingerprint density at radius 3 is 2.58 bits per heavy atom. The van der Waals surface area contributed by atoms with Crippen LogP contribution in [0.2, 0.25) is 5.02 Å². The average Bonchev–Trinajstić information content (AvgIpc) is 3.10. The smallest absolute Gasteiger partial charge is 0.216 e. The zero-order valence-electron chi connectivity index (χ0n) is 17.1. The monoisotopic (exact) mass is 457 g/mol. The number of nitrogens with zero attached hydrogens (tertiary/aromatic N) is 2. The van der Waals surface area contributed by atoms with Crippen LogP contribution >= 0.6 is 11.6 Å². The van der Waals surface area contributed by atoms with Crippen molar-refractivity contribution in [1.29, 1.82) is 0 Å². The van der Waals surface area contributed by atoms with Gasteiger partial charge in [-0.25, -0.2) is 18.4 Å². The SMILES string of the molecule is Cc1cnc2[nH]cc(Cc3ccc(CCc4ccc(Cl)cc4S(C)(=O)=O)nc3F)c2c1. The van der Waals surface area contributed by atoms with Crippen LogP contribution in [0.5, 0.6) is 0 Å². The van der Waals surface area contributed by atoms with Crippen LogP contribution in [0.3, 0.4) is 0 Å². The van der Waals surface area contributed by atoms with Crippen molar-refractivity contribution in [1.82, 2.24) is 15.0 Å². The number of H-pyrrole nitrogens is 1. The molecular formula is C23H21ClFN3O2S. The lowest BCUT2D eigenvalue weighted by Crippen LogP contribution is -2.05. The minimum absolute atomic E-state index is 0.195. The fourth-order valence-electron chi connectivity index (χ4n) is 3.63. The van der Waals surface area contributed by atoms with E-state index in [1.807, 2.05) is 19.2 Å². The molecule has 0 aliphatic carbocycles. The Morgan fingerprint density at radius 1 is 1.06 bits per heavy atom. The second kappa shape index (κ2) is 8.40. The number of benzene rings is 1. The van der Waals surface area contributed by atoms with Gasteiger partial charge < -0.3 is 4.98 Å². The largest absolute Gasteiger partial charge is 0.346 e. The molecule has 3 heterocycles. The first-order valence-electron chi connectivity index (χ1n) is 9.76. The minimum Gasteiger partial charge on any atom is -0.346 e. The number of hydrogen-bond acceptors (Lipinski definition) is 4. The summed E-state index contributed by atoms with van der Waals surface area (Å²) in [7, 11) is -3.41. The molecule has 0 spiro atoms. The molecule has 31 heavy (non-hydrogen) atoms. The summed E-state index contributed by atoms with van der Waals surface area (Å²) in [5, 5.41) is 1.33. The zero-order chi connectivity index (χ0) is 22.2. The third-order valence-corrected chi connectivity index (χ3v) is 6.61. The van der Waals surface area contributed by atoms with Crippen LogP contribution in [0.1, 0.15) is 27.9 Å². The van der Waals surface area contributed by atoms with E-state index in [0.29, 0.717) is 41.1 Å². The number of fused-ring (bicyclic) bond motifs is 1. The standard InChI is InChI=1S/C23H21ClFN3O2S/c1-14-9-20-17(13-27-23(20)26-12-14)10-16-5-8-19(28-22(16)25)7-4-15-3-6-18(24)11-21(15)31(2,29)30/h3,5-6,8-9,11-13H,4,7,10H2,1-2H3,(H,26,27). The highest BCUT2D eigenvalue weighted by atomic mass is 35.5. The van der Waals surface area contributed by atoms with E-state index < -0.39 is 15.8 Å². The van der Waals surface area contributed by atoms with Gasteiger partial charge in [0.25, 0.3) is 0 Å². The van der Waals surface area contributed by atoms with Crippen LogP contribution in [-0.2, 0) is 29.1 Å². The molecule has 4 aromatic rings. The van der Waals surface area contributed by atoms with Crippen molar-refractivity contribution in [2.45, 2.75) is 31.1 Å². The Labute approximate surface area is 185 Å². The third-order valence-electron chi connectivity index (χ3n) is 5.20. The van der Waals surface area contributed by atoms with Crippen molar-refractivity contribution < 1.29 is 12.8 Å². The summed E-state index contributed by atoms with van der Waals surface area (Å²) in [6, 6.07) is 10.3. The van der Waals surface area contributed by atoms with Crippen molar-refractivity contribution >= 4 is 32.5 Å². The molecule has 0 fully saturated rings. The Kier molecular flexibility index (Phi) is 5.81. The quantitative estimate of drug-likeness (QED) is 0.420. The first-order valence-corrected chi connectivity index (χ1v) is 12.0. The van der Waals surface area contributed by atoms with Gasteiger partial charge in [0, 0.05) is 46.7 Å². The van der Waals surface area contributed by atoms with Crippen molar-refractivity contribution in [2.24, 2.45) is 0 Å². The Morgan fingerprint density at radius 2 is 1.84 bits per heavy atom. The van der Waals surface area contributed by atoms with Crippen LogP contribution in [-0.4, -0.2) is 29.6 Å². The number of aryl methyl sites for hydroxylation is 3. The van der Waals surface area contributed by atoms with Gasteiger partial charge in [-0.15, -0.1) is 0 Å². The normalized spacial score (nSPS) is 11.9. The van der Waals surface area contributed by atoms with Gasteiger partial charge in [-0.2, -0.15) is 4.39 Å². The maximum Gasteiger partial charge on any atom is 0.216 e. The molecule has 3 aromatic heterocycles. The summed E-state index contributed by atoms with van der Waals surface area (Å²) < 4.78 is 38.8. The van der Waals surface area contributed by atoms with E-state index in [1.54, 1.807) is 30.5 Å². The fraction of sp³-hybridized carbons (Fsp3) is 0.217. The van der Waals surface area contributed by atoms with Crippen LogP contribution in [0, 0.1) is 12.9 Å². The summed E-state index contributed by atoms with van der Waals surface area (Å²) >= 11 is 5.95. The van der Waals surface area contributed by atoms with E-state index in [4.69, 9.17) is 11.6 Å². The highest BCUT2D eigenvalue weighted by Gasteiger charge is 2.15.